The first-order chi connectivity index (χ1) is 8.29. The molecule has 0 aliphatic rings. The van der Waals surface area contributed by atoms with Gasteiger partial charge in [0, 0.05) is 6.04 Å². The molecule has 0 radical (unpaired) electrons. The van der Waals surface area contributed by atoms with Crippen LogP contribution in [0.15, 0.2) is 47.1 Å². The van der Waals surface area contributed by atoms with Gasteiger partial charge in [0.1, 0.15) is 11.5 Å². The molecule has 2 rings (SSSR count). The van der Waals surface area contributed by atoms with E-state index in [1.807, 2.05) is 24.3 Å². The SMILES string of the molecule is COc1ccc([C@@H](C)NCc2ccco2)cc1. The van der Waals surface area contributed by atoms with Crippen molar-refractivity contribution in [3.63, 3.8) is 0 Å². The maximum Gasteiger partial charge on any atom is 0.118 e. The number of hydrogen-bond donors (Lipinski definition) is 1. The van der Waals surface area contributed by atoms with Crippen LogP contribution in [0.5, 0.6) is 5.75 Å². The van der Waals surface area contributed by atoms with Crippen LogP contribution in [-0.2, 0) is 6.54 Å². The normalized spacial score (nSPS) is 12.4. The minimum Gasteiger partial charge on any atom is -0.497 e. The number of ether oxygens (including phenoxy) is 1. The maximum atomic E-state index is 5.27. The summed E-state index contributed by atoms with van der Waals surface area (Å²) >= 11 is 0. The summed E-state index contributed by atoms with van der Waals surface area (Å²) in [7, 11) is 1.67. The number of furan rings is 1. The second-order valence-electron chi connectivity index (χ2n) is 3.96. The highest BCUT2D eigenvalue weighted by molar-refractivity contribution is 5.28. The smallest absolute Gasteiger partial charge is 0.118 e. The van der Waals surface area contributed by atoms with Crippen molar-refractivity contribution in [2.75, 3.05) is 7.11 Å². The molecule has 17 heavy (non-hydrogen) atoms. The molecular formula is C14H17NO2. The molecule has 0 bridgehead atoms. The molecule has 0 fully saturated rings. The Morgan fingerprint density at radius 1 is 1.24 bits per heavy atom. The van der Waals surface area contributed by atoms with E-state index >= 15 is 0 Å². The second-order valence-corrected chi connectivity index (χ2v) is 3.96. The lowest BCUT2D eigenvalue weighted by Gasteiger charge is -2.13. The van der Waals surface area contributed by atoms with Gasteiger partial charge in [0.2, 0.25) is 0 Å². The van der Waals surface area contributed by atoms with Gasteiger partial charge in [0.15, 0.2) is 0 Å². The maximum absolute atomic E-state index is 5.27. The monoisotopic (exact) mass is 231 g/mol. The van der Waals surface area contributed by atoms with Crippen LogP contribution in [0.3, 0.4) is 0 Å². The highest BCUT2D eigenvalue weighted by Gasteiger charge is 2.05. The fourth-order valence-corrected chi connectivity index (χ4v) is 1.68. The molecule has 0 spiro atoms. The van der Waals surface area contributed by atoms with Crippen molar-refractivity contribution < 1.29 is 9.15 Å². The van der Waals surface area contributed by atoms with Gasteiger partial charge in [-0.15, -0.1) is 0 Å². The Hall–Kier alpha value is -1.74. The molecule has 2 aromatic rings. The van der Waals surface area contributed by atoms with Gasteiger partial charge in [-0.25, -0.2) is 0 Å². The molecule has 1 aromatic heterocycles. The molecule has 1 atom stereocenters. The Balaban J connectivity index is 1.92. The molecule has 3 heteroatoms. The second kappa shape index (κ2) is 5.55. The molecule has 0 amide bonds. The minimum absolute atomic E-state index is 0.283. The molecule has 3 nitrogen and oxygen atoms in total. The van der Waals surface area contributed by atoms with E-state index in [-0.39, 0.29) is 6.04 Å². The van der Waals surface area contributed by atoms with Crippen LogP contribution in [0.4, 0.5) is 0 Å². The summed E-state index contributed by atoms with van der Waals surface area (Å²) in [6.45, 7) is 2.87. The van der Waals surface area contributed by atoms with E-state index in [2.05, 4.69) is 24.4 Å². The van der Waals surface area contributed by atoms with Gasteiger partial charge >= 0.3 is 0 Å². The predicted octanol–water partition coefficient (Wildman–Crippen LogP) is 3.14. The fraction of sp³-hybridized carbons (Fsp3) is 0.286. The van der Waals surface area contributed by atoms with E-state index in [9.17, 15) is 0 Å². The van der Waals surface area contributed by atoms with Crippen molar-refractivity contribution in [2.24, 2.45) is 0 Å². The lowest BCUT2D eigenvalue weighted by Crippen LogP contribution is -2.17. The molecule has 0 aliphatic heterocycles. The van der Waals surface area contributed by atoms with Gasteiger partial charge in [0.05, 0.1) is 19.9 Å². The third-order valence-corrected chi connectivity index (χ3v) is 2.78. The average Bonchev–Trinajstić information content (AvgIpc) is 2.89. The number of methoxy groups -OCH3 is 1. The number of benzene rings is 1. The molecule has 90 valence electrons. The van der Waals surface area contributed by atoms with Crippen molar-refractivity contribution in [1.29, 1.82) is 0 Å². The lowest BCUT2D eigenvalue weighted by atomic mass is 10.1. The van der Waals surface area contributed by atoms with Gasteiger partial charge in [-0.1, -0.05) is 12.1 Å². The van der Waals surface area contributed by atoms with E-state index in [1.54, 1.807) is 13.4 Å². The van der Waals surface area contributed by atoms with Crippen LogP contribution in [0.25, 0.3) is 0 Å². The van der Waals surface area contributed by atoms with E-state index in [1.165, 1.54) is 5.56 Å². The van der Waals surface area contributed by atoms with Crippen molar-refractivity contribution in [1.82, 2.24) is 5.32 Å². The molecular weight excluding hydrogens is 214 g/mol. The van der Waals surface area contributed by atoms with Crippen LogP contribution in [0.2, 0.25) is 0 Å². The number of nitrogens with one attached hydrogen (secondary N) is 1. The molecule has 0 saturated heterocycles. The zero-order valence-electron chi connectivity index (χ0n) is 10.1. The topological polar surface area (TPSA) is 34.4 Å². The summed E-state index contributed by atoms with van der Waals surface area (Å²) in [6.07, 6.45) is 1.69. The van der Waals surface area contributed by atoms with E-state index < -0.39 is 0 Å². The summed E-state index contributed by atoms with van der Waals surface area (Å²) in [5.74, 6) is 1.83. The average molecular weight is 231 g/mol. The predicted molar refractivity (Wildman–Crippen MR) is 67.0 cm³/mol. The largest absolute Gasteiger partial charge is 0.497 e. The first kappa shape index (κ1) is 11.7. The highest BCUT2D eigenvalue weighted by atomic mass is 16.5. The third kappa shape index (κ3) is 3.11. The summed E-state index contributed by atoms with van der Waals surface area (Å²) in [4.78, 5) is 0. The fourth-order valence-electron chi connectivity index (χ4n) is 1.68. The molecule has 0 aliphatic carbocycles. The zero-order chi connectivity index (χ0) is 12.1. The molecule has 0 saturated carbocycles. The van der Waals surface area contributed by atoms with Gasteiger partial charge in [-0.3, -0.25) is 0 Å². The summed E-state index contributed by atoms with van der Waals surface area (Å²) in [6, 6.07) is 12.2. The van der Waals surface area contributed by atoms with Crippen LogP contribution in [-0.4, -0.2) is 7.11 Å². The van der Waals surface area contributed by atoms with Gasteiger partial charge in [-0.2, -0.15) is 0 Å². The van der Waals surface area contributed by atoms with Crippen LogP contribution < -0.4 is 10.1 Å². The van der Waals surface area contributed by atoms with Crippen LogP contribution in [0.1, 0.15) is 24.3 Å². The highest BCUT2D eigenvalue weighted by Crippen LogP contribution is 2.17. The van der Waals surface area contributed by atoms with Crippen molar-refractivity contribution in [3.8, 4) is 5.75 Å². The molecule has 1 aromatic carbocycles. The summed E-state index contributed by atoms with van der Waals surface area (Å²) in [5, 5.41) is 3.40. The summed E-state index contributed by atoms with van der Waals surface area (Å²) < 4.78 is 10.4. The number of hydrogen-bond acceptors (Lipinski definition) is 3. The summed E-state index contributed by atoms with van der Waals surface area (Å²) in [5.41, 5.74) is 1.23. The van der Waals surface area contributed by atoms with Gasteiger partial charge in [0.25, 0.3) is 0 Å². The number of rotatable bonds is 5. The minimum atomic E-state index is 0.283. The Bertz CT molecular complexity index is 434. The van der Waals surface area contributed by atoms with Gasteiger partial charge in [-0.05, 0) is 36.8 Å². The Kier molecular flexibility index (Phi) is 3.83. The first-order valence-electron chi connectivity index (χ1n) is 5.69. The van der Waals surface area contributed by atoms with Crippen molar-refractivity contribution in [3.05, 3.63) is 54.0 Å². The molecule has 0 unspecified atom stereocenters. The van der Waals surface area contributed by atoms with Crippen molar-refractivity contribution in [2.45, 2.75) is 19.5 Å². The van der Waals surface area contributed by atoms with Crippen molar-refractivity contribution >= 4 is 0 Å². The van der Waals surface area contributed by atoms with E-state index in [4.69, 9.17) is 9.15 Å². The first-order valence-corrected chi connectivity index (χ1v) is 5.69. The standard InChI is InChI=1S/C14H17NO2/c1-11(15-10-14-4-3-9-17-14)12-5-7-13(16-2)8-6-12/h3-9,11,15H,10H2,1-2H3/t11-/m1/s1. The van der Waals surface area contributed by atoms with E-state index in [0.29, 0.717) is 0 Å². The quantitative estimate of drug-likeness (QED) is 0.858. The zero-order valence-corrected chi connectivity index (χ0v) is 10.1. The molecule has 1 N–H and O–H groups in total. The van der Waals surface area contributed by atoms with Crippen LogP contribution in [0, 0.1) is 0 Å². The molecule has 1 heterocycles. The Labute approximate surface area is 101 Å². The van der Waals surface area contributed by atoms with E-state index in [0.717, 1.165) is 18.1 Å². The van der Waals surface area contributed by atoms with Crippen LogP contribution >= 0.6 is 0 Å². The van der Waals surface area contributed by atoms with Gasteiger partial charge < -0.3 is 14.5 Å². The Morgan fingerprint density at radius 3 is 2.59 bits per heavy atom. The third-order valence-electron chi connectivity index (χ3n) is 2.78. The Morgan fingerprint density at radius 2 is 2.00 bits per heavy atom. The lowest BCUT2D eigenvalue weighted by molar-refractivity contribution is 0.414.